The Morgan fingerprint density at radius 3 is 3.25 bits per heavy atom. The van der Waals surface area contributed by atoms with Crippen molar-refractivity contribution in [3.05, 3.63) is 34.4 Å². The second-order valence-electron chi connectivity index (χ2n) is 4.05. The molecule has 2 aromatic rings. The summed E-state index contributed by atoms with van der Waals surface area (Å²) in [5, 5.41) is 3.70. The summed E-state index contributed by atoms with van der Waals surface area (Å²) in [5.41, 5.74) is 0.725. The SMILES string of the molecule is O=c1ccn2[nH]c(C3CCCCS3)nc2c1. The van der Waals surface area contributed by atoms with E-state index < -0.39 is 0 Å². The molecule has 3 rings (SSSR count). The molecule has 1 unspecified atom stereocenters. The molecule has 1 aliphatic rings. The van der Waals surface area contributed by atoms with Gasteiger partial charge >= 0.3 is 0 Å². The topological polar surface area (TPSA) is 50.2 Å². The van der Waals surface area contributed by atoms with Crippen LogP contribution in [0.5, 0.6) is 0 Å². The van der Waals surface area contributed by atoms with Gasteiger partial charge in [0, 0.05) is 18.3 Å². The fourth-order valence-electron chi connectivity index (χ4n) is 2.02. The van der Waals surface area contributed by atoms with Gasteiger partial charge in [0.2, 0.25) is 0 Å². The number of aromatic nitrogens is 3. The third-order valence-electron chi connectivity index (χ3n) is 2.86. The highest BCUT2D eigenvalue weighted by molar-refractivity contribution is 7.99. The molecule has 84 valence electrons. The molecule has 1 aliphatic heterocycles. The summed E-state index contributed by atoms with van der Waals surface area (Å²) in [7, 11) is 0. The standard InChI is InChI=1S/C11H13N3OS/c15-8-4-5-14-10(7-8)12-11(13-14)9-3-1-2-6-16-9/h4-5,7,9H,1-3,6H2,(H,12,13). The molecule has 0 bridgehead atoms. The molecular formula is C11H13N3OS. The average Bonchev–Trinajstić information content (AvgIpc) is 2.73. The number of hydrogen-bond donors (Lipinski definition) is 1. The first-order chi connectivity index (χ1) is 7.83. The summed E-state index contributed by atoms with van der Waals surface area (Å²) in [6.07, 6.45) is 5.49. The van der Waals surface area contributed by atoms with Crippen molar-refractivity contribution in [2.45, 2.75) is 24.5 Å². The molecule has 1 atom stereocenters. The lowest BCUT2D eigenvalue weighted by molar-refractivity contribution is 0.661. The van der Waals surface area contributed by atoms with Crippen LogP contribution in [0.15, 0.2) is 23.1 Å². The van der Waals surface area contributed by atoms with Gasteiger partial charge in [-0.05, 0) is 18.6 Å². The molecule has 0 aliphatic carbocycles. The van der Waals surface area contributed by atoms with Crippen LogP contribution in [0.3, 0.4) is 0 Å². The smallest absolute Gasteiger partial charge is 0.183 e. The minimum atomic E-state index is 0.00865. The zero-order valence-corrected chi connectivity index (χ0v) is 9.67. The van der Waals surface area contributed by atoms with Gasteiger partial charge in [0.05, 0.1) is 5.25 Å². The van der Waals surface area contributed by atoms with E-state index in [-0.39, 0.29) is 5.43 Å². The molecule has 1 N–H and O–H groups in total. The van der Waals surface area contributed by atoms with Gasteiger partial charge in [0.1, 0.15) is 5.82 Å². The Morgan fingerprint density at radius 1 is 1.50 bits per heavy atom. The van der Waals surface area contributed by atoms with E-state index >= 15 is 0 Å². The quantitative estimate of drug-likeness (QED) is 0.822. The first-order valence-corrected chi connectivity index (χ1v) is 6.58. The van der Waals surface area contributed by atoms with Crippen molar-refractivity contribution in [3.8, 4) is 0 Å². The molecule has 1 saturated heterocycles. The first kappa shape index (κ1) is 9.96. The maximum Gasteiger partial charge on any atom is 0.183 e. The summed E-state index contributed by atoms with van der Waals surface area (Å²) in [6, 6.07) is 3.11. The van der Waals surface area contributed by atoms with Gasteiger partial charge in [0.25, 0.3) is 0 Å². The summed E-state index contributed by atoms with van der Waals surface area (Å²) >= 11 is 1.95. The highest BCUT2D eigenvalue weighted by Gasteiger charge is 2.19. The first-order valence-electron chi connectivity index (χ1n) is 5.53. The Balaban J connectivity index is 2.00. The number of aromatic amines is 1. The van der Waals surface area contributed by atoms with Crippen molar-refractivity contribution in [1.29, 1.82) is 0 Å². The fourth-order valence-corrected chi connectivity index (χ4v) is 3.27. The van der Waals surface area contributed by atoms with Gasteiger partial charge in [-0.2, -0.15) is 11.8 Å². The maximum absolute atomic E-state index is 11.2. The molecule has 0 saturated carbocycles. The molecule has 0 amide bonds. The molecule has 0 aromatic carbocycles. The summed E-state index contributed by atoms with van der Waals surface area (Å²) in [4.78, 5) is 15.7. The van der Waals surface area contributed by atoms with Crippen LogP contribution >= 0.6 is 11.8 Å². The predicted octanol–water partition coefficient (Wildman–Crippen LogP) is 1.98. The number of pyridine rings is 1. The van der Waals surface area contributed by atoms with Gasteiger partial charge in [-0.25, -0.2) is 9.50 Å². The lowest BCUT2D eigenvalue weighted by Gasteiger charge is -2.18. The van der Waals surface area contributed by atoms with Crippen molar-refractivity contribution >= 4 is 17.4 Å². The number of fused-ring (bicyclic) bond motifs is 1. The monoisotopic (exact) mass is 235 g/mol. The van der Waals surface area contributed by atoms with Gasteiger partial charge in [-0.15, -0.1) is 0 Å². The van der Waals surface area contributed by atoms with Gasteiger partial charge < -0.3 is 0 Å². The van der Waals surface area contributed by atoms with E-state index in [9.17, 15) is 4.79 Å². The second-order valence-corrected chi connectivity index (χ2v) is 5.37. The van der Waals surface area contributed by atoms with Gasteiger partial charge in [0.15, 0.2) is 11.1 Å². The van der Waals surface area contributed by atoms with Crippen LogP contribution in [0, 0.1) is 0 Å². The largest absolute Gasteiger partial charge is 0.290 e. The van der Waals surface area contributed by atoms with Crippen LogP contribution in [0.25, 0.3) is 5.65 Å². The van der Waals surface area contributed by atoms with Crippen molar-refractivity contribution in [1.82, 2.24) is 14.6 Å². The molecule has 2 aromatic heterocycles. The van der Waals surface area contributed by atoms with E-state index in [2.05, 4.69) is 10.1 Å². The van der Waals surface area contributed by atoms with Crippen LogP contribution in [0.2, 0.25) is 0 Å². The normalized spacial score (nSPS) is 21.4. The number of thioether (sulfide) groups is 1. The van der Waals surface area contributed by atoms with Crippen LogP contribution in [-0.2, 0) is 0 Å². The van der Waals surface area contributed by atoms with Crippen molar-refractivity contribution < 1.29 is 0 Å². The zero-order valence-electron chi connectivity index (χ0n) is 8.85. The number of hydrogen-bond acceptors (Lipinski definition) is 3. The van der Waals surface area contributed by atoms with E-state index in [1.807, 2.05) is 16.3 Å². The van der Waals surface area contributed by atoms with E-state index in [0.717, 1.165) is 5.82 Å². The van der Waals surface area contributed by atoms with Crippen LogP contribution in [-0.4, -0.2) is 20.4 Å². The number of nitrogens with zero attached hydrogens (tertiary/aromatic N) is 2. The van der Waals surface area contributed by atoms with Gasteiger partial charge in [-0.1, -0.05) is 6.42 Å². The zero-order chi connectivity index (χ0) is 11.0. The molecule has 0 spiro atoms. The van der Waals surface area contributed by atoms with E-state index in [1.165, 1.54) is 25.0 Å². The minimum Gasteiger partial charge on any atom is -0.290 e. The summed E-state index contributed by atoms with van der Waals surface area (Å²) in [5.74, 6) is 2.20. The minimum absolute atomic E-state index is 0.00865. The predicted molar refractivity (Wildman–Crippen MR) is 64.9 cm³/mol. The van der Waals surface area contributed by atoms with Crippen LogP contribution < -0.4 is 5.43 Å². The third-order valence-corrected chi connectivity index (χ3v) is 4.25. The van der Waals surface area contributed by atoms with Crippen LogP contribution in [0.1, 0.15) is 30.3 Å². The highest BCUT2D eigenvalue weighted by Crippen LogP contribution is 2.36. The highest BCUT2D eigenvalue weighted by atomic mass is 32.2. The van der Waals surface area contributed by atoms with E-state index in [0.29, 0.717) is 10.9 Å². The molecular weight excluding hydrogens is 222 g/mol. The Kier molecular flexibility index (Phi) is 2.47. The van der Waals surface area contributed by atoms with Crippen molar-refractivity contribution in [2.75, 3.05) is 5.75 Å². The Hall–Kier alpha value is -1.23. The molecule has 1 fully saturated rings. The summed E-state index contributed by atoms with van der Waals surface area (Å²) in [6.45, 7) is 0. The molecule has 0 radical (unpaired) electrons. The van der Waals surface area contributed by atoms with Gasteiger partial charge in [-0.3, -0.25) is 9.89 Å². The molecule has 4 nitrogen and oxygen atoms in total. The Labute approximate surface area is 97.1 Å². The Bertz CT molecular complexity index is 554. The second kappa shape index (κ2) is 3.97. The lowest BCUT2D eigenvalue weighted by atomic mass is 10.2. The number of rotatable bonds is 1. The number of H-pyrrole nitrogens is 1. The average molecular weight is 235 g/mol. The third kappa shape index (κ3) is 1.75. The van der Waals surface area contributed by atoms with Crippen LogP contribution in [0.4, 0.5) is 0 Å². The van der Waals surface area contributed by atoms with Crippen molar-refractivity contribution in [2.24, 2.45) is 0 Å². The Morgan fingerprint density at radius 2 is 2.44 bits per heavy atom. The van der Waals surface area contributed by atoms with Crippen molar-refractivity contribution in [3.63, 3.8) is 0 Å². The summed E-state index contributed by atoms with van der Waals surface area (Å²) < 4.78 is 1.81. The molecule has 5 heteroatoms. The van der Waals surface area contributed by atoms with E-state index in [4.69, 9.17) is 0 Å². The number of nitrogens with one attached hydrogen (secondary N) is 1. The maximum atomic E-state index is 11.2. The van der Waals surface area contributed by atoms with E-state index in [1.54, 1.807) is 18.3 Å². The molecule has 3 heterocycles. The fraction of sp³-hybridized carbons (Fsp3) is 0.455. The molecule has 16 heavy (non-hydrogen) atoms. The lowest BCUT2D eigenvalue weighted by Crippen LogP contribution is -2.04.